The number of hydrogen-bond donors (Lipinski definition) is 2. The number of oxime groups is 1. The molecule has 0 aliphatic carbocycles. The average Bonchev–Trinajstić information content (AvgIpc) is 2.21. The van der Waals surface area contributed by atoms with Gasteiger partial charge in [0.1, 0.15) is 12.4 Å². The Labute approximate surface area is 94.5 Å². The SMILES string of the molecule is CC(C)(CCCCOCC(F)F)C(N)=NO. The van der Waals surface area contributed by atoms with Crippen molar-refractivity contribution in [1.29, 1.82) is 0 Å². The molecule has 6 heteroatoms. The first-order valence-corrected chi connectivity index (χ1v) is 5.24. The highest BCUT2D eigenvalue weighted by atomic mass is 19.3. The average molecular weight is 238 g/mol. The van der Waals surface area contributed by atoms with E-state index in [1.807, 2.05) is 13.8 Å². The van der Waals surface area contributed by atoms with Gasteiger partial charge in [0.2, 0.25) is 0 Å². The summed E-state index contributed by atoms with van der Waals surface area (Å²) in [4.78, 5) is 0. The molecule has 0 aromatic rings. The molecule has 0 heterocycles. The van der Waals surface area contributed by atoms with Crippen LogP contribution < -0.4 is 5.73 Å². The Morgan fingerprint density at radius 2 is 2.06 bits per heavy atom. The molecule has 3 N–H and O–H groups in total. The van der Waals surface area contributed by atoms with E-state index in [-0.39, 0.29) is 11.3 Å². The number of nitrogens with zero attached hydrogens (tertiary/aromatic N) is 1. The van der Waals surface area contributed by atoms with Crippen molar-refractivity contribution >= 4 is 5.84 Å². The number of rotatable bonds is 8. The van der Waals surface area contributed by atoms with Crippen LogP contribution in [0.4, 0.5) is 8.78 Å². The van der Waals surface area contributed by atoms with Gasteiger partial charge in [0, 0.05) is 12.0 Å². The van der Waals surface area contributed by atoms with E-state index >= 15 is 0 Å². The molecule has 0 rings (SSSR count). The molecule has 0 unspecified atom stereocenters. The Morgan fingerprint density at radius 1 is 1.44 bits per heavy atom. The lowest BCUT2D eigenvalue weighted by Crippen LogP contribution is -2.31. The van der Waals surface area contributed by atoms with Crippen molar-refractivity contribution in [3.63, 3.8) is 0 Å². The van der Waals surface area contributed by atoms with Crippen molar-refractivity contribution in [3.05, 3.63) is 0 Å². The number of alkyl halides is 2. The Kier molecular flexibility index (Phi) is 6.96. The first kappa shape index (κ1) is 15.1. The standard InChI is InChI=1S/C10H20F2N2O2/c1-10(2,9(13)14-15)5-3-4-6-16-7-8(11)12/h8,15H,3-7H2,1-2H3,(H2,13,14). The second kappa shape index (κ2) is 7.38. The van der Waals surface area contributed by atoms with Gasteiger partial charge in [-0.05, 0) is 12.8 Å². The van der Waals surface area contributed by atoms with E-state index in [9.17, 15) is 8.78 Å². The second-order valence-corrected chi connectivity index (χ2v) is 4.29. The van der Waals surface area contributed by atoms with Gasteiger partial charge in [0.25, 0.3) is 6.43 Å². The normalized spacial score (nSPS) is 13.4. The maximum atomic E-state index is 11.7. The molecule has 0 aliphatic rings. The third-order valence-corrected chi connectivity index (χ3v) is 2.39. The summed E-state index contributed by atoms with van der Waals surface area (Å²) in [6.45, 7) is 3.53. The lowest BCUT2D eigenvalue weighted by molar-refractivity contribution is 0.0159. The van der Waals surface area contributed by atoms with E-state index in [2.05, 4.69) is 5.16 Å². The molecular weight excluding hydrogens is 218 g/mol. The zero-order valence-corrected chi connectivity index (χ0v) is 9.75. The van der Waals surface area contributed by atoms with Crippen molar-refractivity contribution in [1.82, 2.24) is 0 Å². The van der Waals surface area contributed by atoms with Gasteiger partial charge < -0.3 is 15.7 Å². The van der Waals surface area contributed by atoms with Crippen LogP contribution in [0.3, 0.4) is 0 Å². The second-order valence-electron chi connectivity index (χ2n) is 4.29. The van der Waals surface area contributed by atoms with Gasteiger partial charge in [-0.1, -0.05) is 25.4 Å². The molecule has 96 valence electrons. The molecule has 4 nitrogen and oxygen atoms in total. The lowest BCUT2D eigenvalue weighted by Gasteiger charge is -2.22. The first-order valence-electron chi connectivity index (χ1n) is 5.24. The Morgan fingerprint density at radius 3 is 2.56 bits per heavy atom. The fraction of sp³-hybridized carbons (Fsp3) is 0.900. The van der Waals surface area contributed by atoms with E-state index in [4.69, 9.17) is 15.7 Å². The van der Waals surface area contributed by atoms with Crippen molar-refractivity contribution in [2.45, 2.75) is 39.5 Å². The molecular formula is C10H20F2N2O2. The molecule has 0 amide bonds. The predicted octanol–water partition coefficient (Wildman–Crippen LogP) is 2.21. The summed E-state index contributed by atoms with van der Waals surface area (Å²) in [7, 11) is 0. The zero-order valence-electron chi connectivity index (χ0n) is 9.75. The van der Waals surface area contributed by atoms with Crippen LogP contribution in [0, 0.1) is 5.41 Å². The fourth-order valence-electron chi connectivity index (χ4n) is 1.21. The first-order chi connectivity index (χ1) is 7.40. The summed E-state index contributed by atoms with van der Waals surface area (Å²) in [6, 6.07) is 0. The molecule has 0 radical (unpaired) electrons. The Hall–Kier alpha value is -0.910. The van der Waals surface area contributed by atoms with Gasteiger partial charge in [-0.15, -0.1) is 0 Å². The van der Waals surface area contributed by atoms with Crippen molar-refractivity contribution in [3.8, 4) is 0 Å². The van der Waals surface area contributed by atoms with E-state index in [0.717, 1.165) is 12.8 Å². The minimum absolute atomic E-state index is 0.181. The molecule has 16 heavy (non-hydrogen) atoms. The van der Waals surface area contributed by atoms with Crippen molar-refractivity contribution < 1.29 is 18.7 Å². The molecule has 0 aliphatic heterocycles. The molecule has 0 bridgehead atoms. The molecule has 0 atom stereocenters. The number of halogens is 2. The van der Waals surface area contributed by atoms with Gasteiger partial charge in [-0.2, -0.15) is 0 Å². The number of unbranched alkanes of at least 4 members (excludes halogenated alkanes) is 1. The van der Waals surface area contributed by atoms with Gasteiger partial charge >= 0.3 is 0 Å². The number of nitrogens with two attached hydrogens (primary N) is 1. The number of amidine groups is 1. The summed E-state index contributed by atoms with van der Waals surface area (Å²) < 4.78 is 28.1. The van der Waals surface area contributed by atoms with E-state index in [1.54, 1.807) is 0 Å². The van der Waals surface area contributed by atoms with E-state index in [1.165, 1.54) is 0 Å². The summed E-state index contributed by atoms with van der Waals surface area (Å²) in [5, 5.41) is 11.5. The largest absolute Gasteiger partial charge is 0.409 e. The van der Waals surface area contributed by atoms with Gasteiger partial charge in [-0.3, -0.25) is 0 Å². The van der Waals surface area contributed by atoms with Gasteiger partial charge in [0.05, 0.1) is 0 Å². The third kappa shape index (κ3) is 6.55. The van der Waals surface area contributed by atoms with Crippen LogP contribution in [0.5, 0.6) is 0 Å². The third-order valence-electron chi connectivity index (χ3n) is 2.39. The predicted molar refractivity (Wildman–Crippen MR) is 57.9 cm³/mol. The molecule has 0 saturated heterocycles. The maximum Gasteiger partial charge on any atom is 0.261 e. The highest BCUT2D eigenvalue weighted by Crippen LogP contribution is 2.23. The van der Waals surface area contributed by atoms with Gasteiger partial charge in [-0.25, -0.2) is 8.78 Å². The van der Waals surface area contributed by atoms with Crippen LogP contribution in [0.1, 0.15) is 33.1 Å². The lowest BCUT2D eigenvalue weighted by atomic mass is 9.86. The minimum Gasteiger partial charge on any atom is -0.409 e. The summed E-state index contributed by atoms with van der Waals surface area (Å²) >= 11 is 0. The van der Waals surface area contributed by atoms with Crippen LogP contribution in [0.2, 0.25) is 0 Å². The summed E-state index contributed by atoms with van der Waals surface area (Å²) in [6.07, 6.45) is -0.212. The smallest absolute Gasteiger partial charge is 0.261 e. The maximum absolute atomic E-state index is 11.7. The summed E-state index contributed by atoms with van der Waals surface area (Å²) in [5.74, 6) is 0.181. The molecule has 0 aromatic heterocycles. The molecule has 0 spiro atoms. The van der Waals surface area contributed by atoms with Crippen LogP contribution >= 0.6 is 0 Å². The minimum atomic E-state index is -2.41. The topological polar surface area (TPSA) is 67.8 Å². The van der Waals surface area contributed by atoms with Crippen molar-refractivity contribution in [2.24, 2.45) is 16.3 Å². The fourth-order valence-corrected chi connectivity index (χ4v) is 1.21. The van der Waals surface area contributed by atoms with Gasteiger partial charge in [0.15, 0.2) is 0 Å². The van der Waals surface area contributed by atoms with Crippen LogP contribution in [0.25, 0.3) is 0 Å². The molecule has 0 aromatic carbocycles. The highest BCUT2D eigenvalue weighted by Gasteiger charge is 2.22. The Bertz CT molecular complexity index is 221. The number of ether oxygens (including phenoxy) is 1. The van der Waals surface area contributed by atoms with E-state index < -0.39 is 13.0 Å². The van der Waals surface area contributed by atoms with Crippen LogP contribution in [-0.4, -0.2) is 30.7 Å². The van der Waals surface area contributed by atoms with E-state index in [0.29, 0.717) is 13.0 Å². The molecule has 0 saturated carbocycles. The zero-order chi connectivity index (χ0) is 12.6. The Balaban J connectivity index is 3.59. The highest BCUT2D eigenvalue weighted by molar-refractivity contribution is 5.85. The monoisotopic (exact) mass is 238 g/mol. The quantitative estimate of drug-likeness (QED) is 0.224. The summed E-state index contributed by atoms with van der Waals surface area (Å²) in [5.41, 5.74) is 5.12. The number of hydrogen-bond acceptors (Lipinski definition) is 3. The van der Waals surface area contributed by atoms with Crippen LogP contribution in [-0.2, 0) is 4.74 Å². The van der Waals surface area contributed by atoms with Crippen molar-refractivity contribution in [2.75, 3.05) is 13.2 Å². The molecule has 0 fully saturated rings. The van der Waals surface area contributed by atoms with Crippen LogP contribution in [0.15, 0.2) is 5.16 Å².